The predicted octanol–water partition coefficient (Wildman–Crippen LogP) is 1.12. The molecule has 12 heteroatoms. The van der Waals surface area contributed by atoms with E-state index in [1.165, 1.54) is 17.3 Å². The molecule has 1 aromatic rings. The number of aliphatic hydroxyl groups is 2. The minimum Gasteiger partial charge on any atom is -0.379 e. The van der Waals surface area contributed by atoms with Crippen LogP contribution in [0.5, 0.6) is 0 Å². The molecule has 2 aliphatic rings. The molecule has 0 saturated carbocycles. The predicted molar refractivity (Wildman–Crippen MR) is 125 cm³/mol. The molecular weight excluding hydrogens is 456 g/mol. The van der Waals surface area contributed by atoms with Crippen LogP contribution in [0.1, 0.15) is 25.3 Å². The summed E-state index contributed by atoms with van der Waals surface area (Å²) in [5.41, 5.74) is 7.13. The molecule has 1 saturated heterocycles. The van der Waals surface area contributed by atoms with Gasteiger partial charge in [-0.2, -0.15) is 0 Å². The highest BCUT2D eigenvalue weighted by Gasteiger charge is 2.50. The molecule has 1 aromatic carbocycles. The smallest absolute Gasteiger partial charge is 0.361 e. The zero-order valence-electron chi connectivity index (χ0n) is 17.8. The third-order valence-corrected chi connectivity index (χ3v) is 8.66. The Hall–Kier alpha value is -2.12. The van der Waals surface area contributed by atoms with E-state index in [-0.39, 0.29) is 9.54 Å². The molecule has 0 aliphatic carbocycles. The number of amidine groups is 1. The van der Waals surface area contributed by atoms with Gasteiger partial charge in [0.15, 0.2) is 12.2 Å². The lowest BCUT2D eigenvalue weighted by Gasteiger charge is -2.34. The van der Waals surface area contributed by atoms with Crippen molar-refractivity contribution in [3.8, 4) is 0 Å². The molecule has 176 valence electrons. The summed E-state index contributed by atoms with van der Waals surface area (Å²) in [4.78, 5) is 26.5. The summed E-state index contributed by atoms with van der Waals surface area (Å²) in [5.74, 6) is -1.81. The molecular formula is C20H28N4O6S2. The number of hydrogen-bond donors (Lipinski definition) is 3. The second-order valence-electron chi connectivity index (χ2n) is 7.28. The number of thioether (sulfide) groups is 1. The summed E-state index contributed by atoms with van der Waals surface area (Å²) in [5, 5.41) is 26.9. The summed E-state index contributed by atoms with van der Waals surface area (Å²) in [7, 11) is -3.23. The number of carbonyl (C=O) groups excluding carboxylic acids is 2. The van der Waals surface area contributed by atoms with Crippen molar-refractivity contribution in [2.45, 2.75) is 38.4 Å². The molecule has 2 unspecified atom stereocenters. The highest BCUT2D eigenvalue weighted by molar-refractivity contribution is 8.60. The van der Waals surface area contributed by atoms with Crippen molar-refractivity contribution >= 4 is 43.8 Å². The summed E-state index contributed by atoms with van der Waals surface area (Å²) in [6.07, 6.45) is -1.29. The summed E-state index contributed by atoms with van der Waals surface area (Å²) in [6.45, 7) is 4.92. The number of rotatable bonds is 9. The van der Waals surface area contributed by atoms with E-state index in [9.17, 15) is 19.8 Å². The van der Waals surface area contributed by atoms with Crippen LogP contribution < -0.4 is 5.73 Å². The van der Waals surface area contributed by atoms with Crippen molar-refractivity contribution < 1.29 is 28.2 Å². The van der Waals surface area contributed by atoms with Gasteiger partial charge in [-0.3, -0.25) is 0 Å². The van der Waals surface area contributed by atoms with E-state index in [1.807, 2.05) is 18.2 Å². The molecule has 4 N–H and O–H groups in total. The second-order valence-corrected chi connectivity index (χ2v) is 10.8. The maximum atomic E-state index is 12.1. The first kappa shape index (κ1) is 24.5. The first-order valence-corrected chi connectivity index (χ1v) is 12.8. The van der Waals surface area contributed by atoms with E-state index >= 15 is 0 Å². The van der Waals surface area contributed by atoms with Gasteiger partial charge in [-0.25, -0.2) is 9.59 Å². The van der Waals surface area contributed by atoms with Crippen molar-refractivity contribution in [3.05, 3.63) is 35.9 Å². The molecule has 3 rings (SSSR count). The number of hydrogen-bond acceptors (Lipinski definition) is 11. The Morgan fingerprint density at radius 2 is 1.72 bits per heavy atom. The van der Waals surface area contributed by atoms with Crippen LogP contribution in [-0.4, -0.2) is 74.2 Å². The minimum absolute atomic E-state index is 0.157. The Bertz CT molecular complexity index is 860. The van der Waals surface area contributed by atoms with Crippen LogP contribution in [0, 0.1) is 0 Å². The van der Waals surface area contributed by atoms with Gasteiger partial charge in [0, 0.05) is 22.9 Å². The van der Waals surface area contributed by atoms with Crippen LogP contribution >= 0.6 is 22.4 Å². The molecule has 10 nitrogen and oxygen atoms in total. The molecule has 0 radical (unpaired) electrons. The Morgan fingerprint density at radius 1 is 1.06 bits per heavy atom. The van der Waals surface area contributed by atoms with Gasteiger partial charge < -0.3 is 29.2 Å². The van der Waals surface area contributed by atoms with E-state index in [0.29, 0.717) is 5.75 Å². The van der Waals surface area contributed by atoms with Gasteiger partial charge in [0.2, 0.25) is 4.38 Å². The number of nitrogens with two attached hydrogens (primary N) is 1. The van der Waals surface area contributed by atoms with E-state index in [4.69, 9.17) is 14.1 Å². The number of nitrogens with zero attached hydrogens (tertiary/aromatic N) is 3. The van der Waals surface area contributed by atoms with Crippen LogP contribution in [0.25, 0.3) is 0 Å². The summed E-state index contributed by atoms with van der Waals surface area (Å²) < 4.78 is 10.6. The number of carbonyl (C=O) groups is 2. The van der Waals surface area contributed by atoms with Gasteiger partial charge in [-0.15, -0.1) is 10.2 Å². The van der Waals surface area contributed by atoms with Crippen molar-refractivity contribution in [2.75, 3.05) is 25.4 Å². The first-order chi connectivity index (χ1) is 15.4. The monoisotopic (exact) mass is 484 g/mol. The van der Waals surface area contributed by atoms with Crippen molar-refractivity contribution in [1.29, 1.82) is 0 Å². The van der Waals surface area contributed by atoms with Crippen molar-refractivity contribution in [1.82, 2.24) is 4.90 Å². The topological polar surface area (TPSA) is 147 Å². The molecule has 2 heterocycles. The third-order valence-electron chi connectivity index (χ3n) is 4.86. The van der Waals surface area contributed by atoms with Gasteiger partial charge in [0.1, 0.15) is 0 Å². The molecule has 1 fully saturated rings. The molecule has 2 atom stereocenters. The lowest BCUT2D eigenvalue weighted by Crippen LogP contribution is -2.38. The zero-order valence-corrected chi connectivity index (χ0v) is 19.4. The second kappa shape index (κ2) is 11.1. The summed E-state index contributed by atoms with van der Waals surface area (Å²) >= 11 is 1.23. The number of benzene rings is 1. The van der Waals surface area contributed by atoms with Crippen molar-refractivity contribution in [3.63, 3.8) is 0 Å². The van der Waals surface area contributed by atoms with Gasteiger partial charge in [0.05, 0.1) is 0 Å². The average molecular weight is 485 g/mol. The number of aliphatic hydroxyl groups excluding tert-OH is 2. The molecule has 2 aliphatic heterocycles. The SMILES string of the molecule is CCCN(CCCSC1=NN=C(N)S12OC(=O)C(O)C(O)C(=O)O2)CCc1ccccc1. The minimum atomic E-state index is -3.23. The molecule has 0 bridgehead atoms. The lowest BCUT2D eigenvalue weighted by atomic mass is 10.1. The maximum absolute atomic E-state index is 12.1. The molecule has 32 heavy (non-hydrogen) atoms. The standard InChI is InChI=1S/C20H28N4O6S2/c1-2-10-24(12-9-14-7-4-3-5-8-14)11-6-13-31-20-23-22-19(21)32(20)29-17(27)15(25)16(26)18(28)30-32/h3-5,7-8,15-16,25-26H,2,6,9-13H2,1H3,(H2,21,22). The Balaban J connectivity index is 1.55. The van der Waals surface area contributed by atoms with E-state index in [0.717, 1.165) is 38.9 Å². The third kappa shape index (κ3) is 5.62. The molecule has 1 spiro atoms. The highest BCUT2D eigenvalue weighted by atomic mass is 32.3. The van der Waals surface area contributed by atoms with Crippen LogP contribution in [0.3, 0.4) is 0 Å². The average Bonchev–Trinajstić information content (AvgIpc) is 3.04. The highest BCUT2D eigenvalue weighted by Crippen LogP contribution is 2.59. The van der Waals surface area contributed by atoms with Gasteiger partial charge in [-0.05, 0) is 37.9 Å². The largest absolute Gasteiger partial charge is 0.379 e. The van der Waals surface area contributed by atoms with Crippen LogP contribution in [0.4, 0.5) is 0 Å². The fourth-order valence-electron chi connectivity index (χ4n) is 3.19. The van der Waals surface area contributed by atoms with Crippen LogP contribution in [-0.2, 0) is 24.4 Å². The quantitative estimate of drug-likeness (QED) is 0.439. The van der Waals surface area contributed by atoms with Gasteiger partial charge in [-0.1, -0.05) is 49.0 Å². The van der Waals surface area contributed by atoms with Gasteiger partial charge >= 0.3 is 11.9 Å². The maximum Gasteiger partial charge on any atom is 0.361 e. The van der Waals surface area contributed by atoms with E-state index < -0.39 is 34.7 Å². The zero-order chi connectivity index (χ0) is 23.1. The molecule has 0 amide bonds. The van der Waals surface area contributed by atoms with Crippen LogP contribution in [0.2, 0.25) is 0 Å². The molecule has 0 aromatic heterocycles. The first-order valence-electron chi connectivity index (χ1n) is 10.3. The Morgan fingerprint density at radius 3 is 2.34 bits per heavy atom. The lowest BCUT2D eigenvalue weighted by molar-refractivity contribution is -0.156. The Labute approximate surface area is 192 Å². The van der Waals surface area contributed by atoms with E-state index in [1.54, 1.807) is 0 Å². The van der Waals surface area contributed by atoms with Gasteiger partial charge in [0.25, 0.3) is 5.17 Å². The van der Waals surface area contributed by atoms with Crippen molar-refractivity contribution in [2.24, 2.45) is 15.9 Å². The fraction of sp³-hybridized carbons (Fsp3) is 0.500. The fourth-order valence-corrected chi connectivity index (χ4v) is 6.55. The van der Waals surface area contributed by atoms with Crippen LogP contribution in [0.15, 0.2) is 40.5 Å². The Kier molecular flexibility index (Phi) is 8.54. The summed E-state index contributed by atoms with van der Waals surface area (Å²) in [6, 6.07) is 10.3. The normalized spacial score (nSPS) is 27.4. The van der Waals surface area contributed by atoms with E-state index in [2.05, 4.69) is 34.2 Å².